The van der Waals surface area contributed by atoms with E-state index in [1.807, 2.05) is 4.90 Å². The zero-order valence-electron chi connectivity index (χ0n) is 12.2. The number of anilines is 1. The average molecular weight is 304 g/mol. The summed E-state index contributed by atoms with van der Waals surface area (Å²) in [7, 11) is 1.76. The van der Waals surface area contributed by atoms with Gasteiger partial charge >= 0.3 is 0 Å². The van der Waals surface area contributed by atoms with Crippen molar-refractivity contribution in [1.82, 2.24) is 25.1 Å². The second-order valence-electron chi connectivity index (χ2n) is 5.36. The van der Waals surface area contributed by atoms with Crippen LogP contribution in [0.5, 0.6) is 0 Å². The molecule has 1 aliphatic heterocycles. The van der Waals surface area contributed by atoms with E-state index in [4.69, 9.17) is 0 Å². The SMILES string of the molecule is Cn1cc(C(=O)NC2CCCN(c3ncncc3F)C2)cn1. The number of nitrogens with one attached hydrogen (secondary N) is 1. The van der Waals surface area contributed by atoms with Crippen LogP contribution in [-0.4, -0.2) is 44.8 Å². The summed E-state index contributed by atoms with van der Waals surface area (Å²) in [5.74, 6) is -0.319. The zero-order valence-corrected chi connectivity index (χ0v) is 12.2. The minimum Gasteiger partial charge on any atom is -0.352 e. The van der Waals surface area contributed by atoms with Gasteiger partial charge in [0.25, 0.3) is 5.91 Å². The first kappa shape index (κ1) is 14.4. The summed E-state index contributed by atoms with van der Waals surface area (Å²) in [5, 5.41) is 6.95. The van der Waals surface area contributed by atoms with Gasteiger partial charge in [-0.3, -0.25) is 9.48 Å². The standard InChI is InChI=1S/C14H17FN6O/c1-20-7-10(5-18-20)14(22)19-11-3-2-4-21(8-11)13-12(15)6-16-9-17-13/h5-7,9,11H,2-4,8H2,1H3,(H,19,22). The fraction of sp³-hybridized carbons (Fsp3) is 0.429. The van der Waals surface area contributed by atoms with Crippen molar-refractivity contribution in [2.75, 3.05) is 18.0 Å². The summed E-state index contributed by atoms with van der Waals surface area (Å²) in [4.78, 5) is 21.6. The van der Waals surface area contributed by atoms with E-state index < -0.39 is 5.82 Å². The number of carbonyl (C=O) groups excluding carboxylic acids is 1. The molecule has 1 saturated heterocycles. The minimum absolute atomic E-state index is 0.0455. The molecule has 22 heavy (non-hydrogen) atoms. The van der Waals surface area contributed by atoms with Crippen LogP contribution in [-0.2, 0) is 7.05 Å². The third kappa shape index (κ3) is 3.05. The van der Waals surface area contributed by atoms with Crippen molar-refractivity contribution in [2.45, 2.75) is 18.9 Å². The first-order valence-electron chi connectivity index (χ1n) is 7.13. The summed E-state index contributed by atoms with van der Waals surface area (Å²) in [6.45, 7) is 1.24. The molecule has 0 aromatic carbocycles. The summed E-state index contributed by atoms with van der Waals surface area (Å²) in [6.07, 6.45) is 7.40. The molecular formula is C14H17FN6O. The number of amides is 1. The Morgan fingerprint density at radius 1 is 1.45 bits per heavy atom. The van der Waals surface area contributed by atoms with E-state index in [1.165, 1.54) is 12.5 Å². The normalized spacial score (nSPS) is 18.3. The van der Waals surface area contributed by atoms with Crippen molar-refractivity contribution in [3.05, 3.63) is 36.3 Å². The Balaban J connectivity index is 1.66. The summed E-state index contributed by atoms with van der Waals surface area (Å²) < 4.78 is 15.3. The highest BCUT2D eigenvalue weighted by molar-refractivity contribution is 5.93. The van der Waals surface area contributed by atoms with Crippen LogP contribution in [0.15, 0.2) is 24.9 Å². The van der Waals surface area contributed by atoms with Crippen molar-refractivity contribution in [1.29, 1.82) is 0 Å². The quantitative estimate of drug-likeness (QED) is 0.905. The second-order valence-corrected chi connectivity index (χ2v) is 5.36. The van der Waals surface area contributed by atoms with E-state index in [0.717, 1.165) is 19.0 Å². The number of aromatic nitrogens is 4. The van der Waals surface area contributed by atoms with Crippen molar-refractivity contribution in [2.24, 2.45) is 7.05 Å². The topological polar surface area (TPSA) is 75.9 Å². The molecule has 1 amide bonds. The highest BCUT2D eigenvalue weighted by atomic mass is 19.1. The summed E-state index contributed by atoms with van der Waals surface area (Å²) >= 11 is 0. The molecule has 2 aromatic heterocycles. The molecule has 3 heterocycles. The third-order valence-corrected chi connectivity index (χ3v) is 3.67. The van der Waals surface area contributed by atoms with E-state index in [9.17, 15) is 9.18 Å². The second kappa shape index (κ2) is 6.08. The van der Waals surface area contributed by atoms with Crippen LogP contribution in [0.3, 0.4) is 0 Å². The largest absolute Gasteiger partial charge is 0.352 e. The zero-order chi connectivity index (χ0) is 15.5. The van der Waals surface area contributed by atoms with Gasteiger partial charge in [-0.15, -0.1) is 0 Å². The number of hydrogen-bond donors (Lipinski definition) is 1. The molecule has 2 aromatic rings. The van der Waals surface area contributed by atoms with Gasteiger partial charge in [-0.25, -0.2) is 14.4 Å². The Morgan fingerprint density at radius 3 is 3.05 bits per heavy atom. The maximum absolute atomic E-state index is 13.8. The van der Waals surface area contributed by atoms with Gasteiger partial charge in [0.05, 0.1) is 18.0 Å². The van der Waals surface area contributed by atoms with Gasteiger partial charge < -0.3 is 10.2 Å². The van der Waals surface area contributed by atoms with E-state index in [0.29, 0.717) is 18.7 Å². The van der Waals surface area contributed by atoms with Gasteiger partial charge in [-0.1, -0.05) is 0 Å². The lowest BCUT2D eigenvalue weighted by Gasteiger charge is -2.33. The van der Waals surface area contributed by atoms with Crippen LogP contribution >= 0.6 is 0 Å². The molecule has 1 fully saturated rings. The van der Waals surface area contributed by atoms with Crippen LogP contribution in [0.1, 0.15) is 23.2 Å². The van der Waals surface area contributed by atoms with Crippen molar-refractivity contribution < 1.29 is 9.18 Å². The molecule has 3 rings (SSSR count). The van der Waals surface area contributed by atoms with E-state index in [1.54, 1.807) is 17.9 Å². The lowest BCUT2D eigenvalue weighted by molar-refractivity contribution is 0.0933. The Hall–Kier alpha value is -2.51. The van der Waals surface area contributed by atoms with E-state index in [-0.39, 0.29) is 17.8 Å². The molecule has 0 aliphatic carbocycles. The molecule has 7 nitrogen and oxygen atoms in total. The van der Waals surface area contributed by atoms with Crippen molar-refractivity contribution >= 4 is 11.7 Å². The Bertz CT molecular complexity index is 673. The predicted octanol–water partition coefficient (Wildman–Crippen LogP) is 0.748. The lowest BCUT2D eigenvalue weighted by atomic mass is 10.1. The Labute approximate surface area is 127 Å². The average Bonchev–Trinajstić information content (AvgIpc) is 2.95. The number of carbonyl (C=O) groups is 1. The van der Waals surface area contributed by atoms with Crippen molar-refractivity contribution in [3.8, 4) is 0 Å². The molecule has 116 valence electrons. The van der Waals surface area contributed by atoms with Crippen LogP contribution in [0.2, 0.25) is 0 Å². The summed E-state index contributed by atoms with van der Waals surface area (Å²) in [6, 6.07) is -0.0455. The Kier molecular flexibility index (Phi) is 3.99. The van der Waals surface area contributed by atoms with E-state index >= 15 is 0 Å². The number of rotatable bonds is 3. The number of halogens is 1. The molecule has 8 heteroatoms. The van der Waals surface area contributed by atoms with Gasteiger partial charge in [-0.05, 0) is 12.8 Å². The maximum Gasteiger partial charge on any atom is 0.254 e. The van der Waals surface area contributed by atoms with Crippen LogP contribution in [0.25, 0.3) is 0 Å². The first-order valence-corrected chi connectivity index (χ1v) is 7.13. The lowest BCUT2D eigenvalue weighted by Crippen LogP contribution is -2.48. The molecular weight excluding hydrogens is 287 g/mol. The molecule has 0 spiro atoms. The molecule has 0 saturated carbocycles. The summed E-state index contributed by atoms with van der Waals surface area (Å²) in [5.41, 5.74) is 0.521. The van der Waals surface area contributed by atoms with Gasteiger partial charge in [0.1, 0.15) is 6.33 Å². The maximum atomic E-state index is 13.8. The number of nitrogens with zero attached hydrogens (tertiary/aromatic N) is 5. The molecule has 1 N–H and O–H groups in total. The molecule has 1 unspecified atom stereocenters. The van der Waals surface area contributed by atoms with Crippen LogP contribution < -0.4 is 10.2 Å². The van der Waals surface area contributed by atoms with Crippen molar-refractivity contribution in [3.63, 3.8) is 0 Å². The fourth-order valence-corrected chi connectivity index (χ4v) is 2.63. The van der Waals surface area contributed by atoms with Crippen LogP contribution in [0.4, 0.5) is 10.2 Å². The number of hydrogen-bond acceptors (Lipinski definition) is 5. The Morgan fingerprint density at radius 2 is 2.32 bits per heavy atom. The predicted molar refractivity (Wildman–Crippen MR) is 77.9 cm³/mol. The minimum atomic E-state index is -0.443. The smallest absolute Gasteiger partial charge is 0.254 e. The number of aryl methyl sites for hydroxylation is 1. The molecule has 0 radical (unpaired) electrons. The molecule has 1 aliphatic rings. The van der Waals surface area contributed by atoms with Crippen LogP contribution in [0, 0.1) is 5.82 Å². The highest BCUT2D eigenvalue weighted by Gasteiger charge is 2.24. The number of piperidine rings is 1. The van der Waals surface area contributed by atoms with Gasteiger partial charge in [0, 0.05) is 32.4 Å². The van der Waals surface area contributed by atoms with Gasteiger partial charge in [0.15, 0.2) is 11.6 Å². The van der Waals surface area contributed by atoms with Gasteiger partial charge in [0.2, 0.25) is 0 Å². The third-order valence-electron chi connectivity index (χ3n) is 3.67. The highest BCUT2D eigenvalue weighted by Crippen LogP contribution is 2.20. The monoisotopic (exact) mass is 304 g/mol. The molecule has 1 atom stereocenters. The first-order chi connectivity index (χ1) is 10.6. The van der Waals surface area contributed by atoms with E-state index in [2.05, 4.69) is 20.4 Å². The molecule has 0 bridgehead atoms. The van der Waals surface area contributed by atoms with Gasteiger partial charge in [-0.2, -0.15) is 5.10 Å². The fourth-order valence-electron chi connectivity index (χ4n) is 2.63.